The van der Waals surface area contributed by atoms with Crippen LogP contribution < -0.4 is 20.2 Å². The first-order chi connectivity index (χ1) is 15.5. The summed E-state index contributed by atoms with van der Waals surface area (Å²) in [7, 11) is 0. The summed E-state index contributed by atoms with van der Waals surface area (Å²) in [5.41, 5.74) is 5.48. The molecule has 0 fully saturated rings. The molecule has 3 aromatic carbocycles. The van der Waals surface area contributed by atoms with Gasteiger partial charge in [-0.05, 0) is 67.4 Å². The molecule has 0 heterocycles. The average Bonchev–Trinajstić information content (AvgIpc) is 2.79. The van der Waals surface area contributed by atoms with E-state index in [4.69, 9.17) is 9.47 Å². The lowest BCUT2D eigenvalue weighted by atomic mass is 10.2. The molecule has 0 radical (unpaired) electrons. The Morgan fingerprint density at radius 2 is 1.75 bits per heavy atom. The first-order valence-electron chi connectivity index (χ1n) is 10.2. The van der Waals surface area contributed by atoms with Crippen molar-refractivity contribution in [1.29, 1.82) is 0 Å². The van der Waals surface area contributed by atoms with Gasteiger partial charge in [-0.3, -0.25) is 9.59 Å². The smallest absolute Gasteiger partial charge is 0.271 e. The van der Waals surface area contributed by atoms with Gasteiger partial charge < -0.3 is 14.8 Å². The summed E-state index contributed by atoms with van der Waals surface area (Å²) in [6.07, 6.45) is 1.51. The summed E-state index contributed by atoms with van der Waals surface area (Å²) in [5, 5.41) is 6.79. The first kappa shape index (κ1) is 22.6. The van der Waals surface area contributed by atoms with E-state index in [1.165, 1.54) is 6.21 Å². The molecule has 164 valence electrons. The van der Waals surface area contributed by atoms with Crippen LogP contribution in [0.4, 0.5) is 5.69 Å². The largest absolute Gasteiger partial charge is 0.490 e. The van der Waals surface area contributed by atoms with Gasteiger partial charge in [0.05, 0.1) is 12.8 Å². The van der Waals surface area contributed by atoms with Gasteiger partial charge >= 0.3 is 0 Å². The van der Waals surface area contributed by atoms with Crippen LogP contribution in [0.1, 0.15) is 28.4 Å². The number of rotatable bonds is 9. The van der Waals surface area contributed by atoms with Gasteiger partial charge in [-0.1, -0.05) is 30.3 Å². The molecule has 0 atom stereocenters. The number of nitrogens with one attached hydrogen (secondary N) is 2. The minimum Gasteiger partial charge on any atom is -0.490 e. The molecule has 0 spiro atoms. The normalized spacial score (nSPS) is 10.6. The van der Waals surface area contributed by atoms with E-state index in [0.717, 1.165) is 5.56 Å². The quantitative estimate of drug-likeness (QED) is 0.393. The second-order valence-corrected chi connectivity index (χ2v) is 6.91. The molecule has 0 saturated heterocycles. The van der Waals surface area contributed by atoms with Crippen LogP contribution >= 0.6 is 0 Å². The Balaban J connectivity index is 1.59. The fourth-order valence-electron chi connectivity index (χ4n) is 2.88. The van der Waals surface area contributed by atoms with Crippen molar-refractivity contribution in [3.05, 3.63) is 89.5 Å². The van der Waals surface area contributed by atoms with Crippen LogP contribution in [0.5, 0.6) is 11.5 Å². The third-order valence-corrected chi connectivity index (χ3v) is 4.34. The van der Waals surface area contributed by atoms with E-state index < -0.39 is 0 Å². The Morgan fingerprint density at radius 1 is 0.938 bits per heavy atom. The zero-order chi connectivity index (χ0) is 22.8. The van der Waals surface area contributed by atoms with Gasteiger partial charge in [0.15, 0.2) is 18.1 Å². The van der Waals surface area contributed by atoms with E-state index in [2.05, 4.69) is 15.8 Å². The molecule has 7 nitrogen and oxygen atoms in total. The van der Waals surface area contributed by atoms with E-state index in [9.17, 15) is 9.59 Å². The number of ether oxygens (including phenoxy) is 2. The predicted octanol–water partition coefficient (Wildman–Crippen LogP) is 4.18. The van der Waals surface area contributed by atoms with Gasteiger partial charge in [-0.15, -0.1) is 0 Å². The fraction of sp³-hybridized carbons (Fsp3) is 0.160. The third-order valence-electron chi connectivity index (χ3n) is 4.34. The van der Waals surface area contributed by atoms with Gasteiger partial charge in [0.1, 0.15) is 0 Å². The number of carbonyl (C=O) groups excluding carboxylic acids is 2. The number of aryl methyl sites for hydroxylation is 1. The lowest BCUT2D eigenvalue weighted by Crippen LogP contribution is -2.20. The van der Waals surface area contributed by atoms with Crippen molar-refractivity contribution in [3.8, 4) is 11.5 Å². The first-order valence-corrected chi connectivity index (χ1v) is 10.2. The van der Waals surface area contributed by atoms with Crippen molar-refractivity contribution in [2.45, 2.75) is 13.8 Å². The number of anilines is 1. The molecule has 0 aliphatic heterocycles. The van der Waals surface area contributed by atoms with Gasteiger partial charge in [0, 0.05) is 11.3 Å². The number of benzene rings is 3. The Kier molecular flexibility index (Phi) is 7.97. The maximum absolute atomic E-state index is 12.2. The van der Waals surface area contributed by atoms with Crippen molar-refractivity contribution in [1.82, 2.24) is 5.43 Å². The summed E-state index contributed by atoms with van der Waals surface area (Å²) < 4.78 is 11.3. The van der Waals surface area contributed by atoms with Gasteiger partial charge in [0.2, 0.25) is 0 Å². The maximum atomic E-state index is 12.2. The van der Waals surface area contributed by atoms with Crippen molar-refractivity contribution in [2.24, 2.45) is 5.10 Å². The van der Waals surface area contributed by atoms with Crippen LogP contribution in [0, 0.1) is 6.92 Å². The summed E-state index contributed by atoms with van der Waals surface area (Å²) >= 11 is 0. The predicted molar refractivity (Wildman–Crippen MR) is 124 cm³/mol. The van der Waals surface area contributed by atoms with E-state index in [1.54, 1.807) is 42.5 Å². The summed E-state index contributed by atoms with van der Waals surface area (Å²) in [6.45, 7) is 4.08. The number of hydrazone groups is 1. The van der Waals surface area contributed by atoms with Gasteiger partial charge in [-0.25, -0.2) is 5.43 Å². The molecule has 2 N–H and O–H groups in total. The molecular formula is C25H25N3O4. The number of hydrogen-bond donors (Lipinski definition) is 2. The zero-order valence-electron chi connectivity index (χ0n) is 18.0. The van der Waals surface area contributed by atoms with Crippen LogP contribution in [0.3, 0.4) is 0 Å². The van der Waals surface area contributed by atoms with E-state index in [-0.39, 0.29) is 18.4 Å². The van der Waals surface area contributed by atoms with E-state index in [0.29, 0.717) is 34.9 Å². The Bertz CT molecular complexity index is 1100. The van der Waals surface area contributed by atoms with E-state index in [1.807, 2.05) is 44.2 Å². The molecule has 0 aromatic heterocycles. The maximum Gasteiger partial charge on any atom is 0.271 e. The van der Waals surface area contributed by atoms with Crippen LogP contribution in [0.15, 0.2) is 77.9 Å². The monoisotopic (exact) mass is 431 g/mol. The van der Waals surface area contributed by atoms with Crippen LogP contribution in [0.25, 0.3) is 0 Å². The number of nitrogens with zero attached hydrogens (tertiary/aromatic N) is 1. The third kappa shape index (κ3) is 6.70. The summed E-state index contributed by atoms with van der Waals surface area (Å²) in [4.78, 5) is 24.3. The molecule has 0 bridgehead atoms. The zero-order valence-corrected chi connectivity index (χ0v) is 18.0. The van der Waals surface area contributed by atoms with Crippen LogP contribution in [0.2, 0.25) is 0 Å². The van der Waals surface area contributed by atoms with Crippen molar-refractivity contribution in [2.75, 3.05) is 18.5 Å². The minimum absolute atomic E-state index is 0.158. The molecule has 0 aliphatic carbocycles. The number of hydrogen-bond acceptors (Lipinski definition) is 5. The van der Waals surface area contributed by atoms with Crippen LogP contribution in [-0.2, 0) is 4.79 Å². The Labute approximate surface area is 187 Å². The standard InChI is InChI=1S/C25H25N3O4/c1-3-31-23-15-19(16-26-28-25(30)20-9-5-4-6-10-20)12-13-22(23)32-17-24(29)27-21-11-7-8-18(2)14-21/h4-16H,3,17H2,1-2H3,(H,27,29)(H,28,30)/b26-16+. The molecule has 0 saturated carbocycles. The lowest BCUT2D eigenvalue weighted by Gasteiger charge is -2.13. The van der Waals surface area contributed by atoms with Gasteiger partial charge in [-0.2, -0.15) is 5.10 Å². The second kappa shape index (κ2) is 11.3. The highest BCUT2D eigenvalue weighted by molar-refractivity contribution is 5.95. The molecule has 2 amide bonds. The molecule has 3 rings (SSSR count). The molecule has 32 heavy (non-hydrogen) atoms. The van der Waals surface area contributed by atoms with E-state index >= 15 is 0 Å². The van der Waals surface area contributed by atoms with Crippen molar-refractivity contribution in [3.63, 3.8) is 0 Å². The molecule has 0 aliphatic rings. The Hall–Kier alpha value is -4.13. The summed E-state index contributed by atoms with van der Waals surface area (Å²) in [6, 6.07) is 21.5. The SMILES string of the molecule is CCOc1cc(/C=N/NC(=O)c2ccccc2)ccc1OCC(=O)Nc1cccc(C)c1. The van der Waals surface area contributed by atoms with Crippen LogP contribution in [-0.4, -0.2) is 31.2 Å². The van der Waals surface area contributed by atoms with Crippen molar-refractivity contribution >= 4 is 23.7 Å². The average molecular weight is 431 g/mol. The van der Waals surface area contributed by atoms with Crippen molar-refractivity contribution < 1.29 is 19.1 Å². The topological polar surface area (TPSA) is 89.0 Å². The second-order valence-electron chi connectivity index (χ2n) is 6.91. The molecule has 7 heteroatoms. The molecular weight excluding hydrogens is 406 g/mol. The summed E-state index contributed by atoms with van der Waals surface area (Å²) in [5.74, 6) is 0.352. The highest BCUT2D eigenvalue weighted by atomic mass is 16.5. The fourth-order valence-corrected chi connectivity index (χ4v) is 2.88. The number of carbonyl (C=O) groups is 2. The van der Waals surface area contributed by atoms with Gasteiger partial charge in [0.25, 0.3) is 11.8 Å². The Morgan fingerprint density at radius 3 is 2.50 bits per heavy atom. The lowest BCUT2D eigenvalue weighted by molar-refractivity contribution is -0.118. The highest BCUT2D eigenvalue weighted by Gasteiger charge is 2.10. The minimum atomic E-state index is -0.300. The molecule has 3 aromatic rings. The molecule has 0 unspecified atom stereocenters. The highest BCUT2D eigenvalue weighted by Crippen LogP contribution is 2.28. The number of amides is 2.